The SMILES string of the molecule is CCc1cc(C(F)(C(F)(F)F)C(F)(F)F)cc(C)c1NC(=O)c1ccc(CCN(C(=O)O)C(C)(C)C)cc1. The predicted octanol–water partition coefficient (Wildman–Crippen LogP) is 7.42. The summed E-state index contributed by atoms with van der Waals surface area (Å²) in [6.45, 7) is 8.11. The van der Waals surface area contributed by atoms with Crippen molar-refractivity contribution in [2.24, 2.45) is 0 Å². The molecule has 5 nitrogen and oxygen atoms in total. The lowest BCUT2D eigenvalue weighted by Crippen LogP contribution is -2.50. The molecule has 0 aromatic heterocycles. The molecule has 0 aliphatic heterocycles. The van der Waals surface area contributed by atoms with Gasteiger partial charge in [-0.25, -0.2) is 9.18 Å². The molecule has 0 saturated carbocycles. The highest BCUT2D eigenvalue weighted by Crippen LogP contribution is 2.53. The number of aryl methyl sites for hydroxylation is 2. The van der Waals surface area contributed by atoms with Crippen LogP contribution in [0.4, 0.5) is 41.2 Å². The van der Waals surface area contributed by atoms with E-state index < -0.39 is 41.1 Å². The quantitative estimate of drug-likeness (QED) is 0.353. The summed E-state index contributed by atoms with van der Waals surface area (Å²) in [6, 6.07) is 7.04. The number of carbonyl (C=O) groups excluding carboxylic acids is 1. The first-order valence-electron chi connectivity index (χ1n) is 11.6. The summed E-state index contributed by atoms with van der Waals surface area (Å²) in [5.74, 6) is -0.679. The van der Waals surface area contributed by atoms with Gasteiger partial charge in [0.1, 0.15) is 0 Å². The Hall–Kier alpha value is -3.31. The number of carbonyl (C=O) groups is 2. The number of anilines is 1. The van der Waals surface area contributed by atoms with E-state index in [1.54, 1.807) is 32.9 Å². The van der Waals surface area contributed by atoms with E-state index in [0.29, 0.717) is 18.6 Å². The summed E-state index contributed by atoms with van der Waals surface area (Å²) in [5.41, 5.74) is -7.19. The Morgan fingerprint density at radius 3 is 1.87 bits per heavy atom. The third-order valence-electron chi connectivity index (χ3n) is 6.10. The number of hydrogen-bond acceptors (Lipinski definition) is 2. The Labute approximate surface area is 215 Å². The summed E-state index contributed by atoms with van der Waals surface area (Å²) in [4.78, 5) is 25.6. The van der Waals surface area contributed by atoms with Crippen molar-refractivity contribution in [2.75, 3.05) is 11.9 Å². The summed E-state index contributed by atoms with van der Waals surface area (Å²) >= 11 is 0. The van der Waals surface area contributed by atoms with Crippen molar-refractivity contribution in [3.8, 4) is 0 Å². The molecule has 12 heteroatoms. The average Bonchev–Trinajstić information content (AvgIpc) is 2.77. The van der Waals surface area contributed by atoms with Crippen LogP contribution >= 0.6 is 0 Å². The fourth-order valence-corrected chi connectivity index (χ4v) is 3.97. The highest BCUT2D eigenvalue weighted by atomic mass is 19.4. The molecule has 2 N–H and O–H groups in total. The van der Waals surface area contributed by atoms with Crippen molar-refractivity contribution in [1.29, 1.82) is 0 Å². The first-order chi connectivity index (χ1) is 17.2. The minimum absolute atomic E-state index is 0.0145. The first kappa shape index (κ1) is 30.9. The van der Waals surface area contributed by atoms with Crippen LogP contribution in [0.25, 0.3) is 0 Å². The number of hydrogen-bond donors (Lipinski definition) is 2. The van der Waals surface area contributed by atoms with E-state index in [0.717, 1.165) is 5.56 Å². The van der Waals surface area contributed by atoms with Crippen molar-refractivity contribution in [3.05, 3.63) is 64.2 Å². The van der Waals surface area contributed by atoms with Gasteiger partial charge in [0.15, 0.2) is 0 Å². The van der Waals surface area contributed by atoms with E-state index in [1.807, 2.05) is 0 Å². The monoisotopic (exact) mass is 550 g/mol. The van der Waals surface area contributed by atoms with E-state index >= 15 is 0 Å². The van der Waals surface area contributed by atoms with Gasteiger partial charge in [0.2, 0.25) is 0 Å². The van der Waals surface area contributed by atoms with Crippen LogP contribution in [-0.2, 0) is 18.5 Å². The fraction of sp³-hybridized carbons (Fsp3) is 0.462. The molecular formula is C26H29F7N2O3. The molecule has 0 heterocycles. The van der Waals surface area contributed by atoms with E-state index in [1.165, 1.54) is 30.9 Å². The van der Waals surface area contributed by atoms with Gasteiger partial charge < -0.3 is 15.3 Å². The average molecular weight is 551 g/mol. The Morgan fingerprint density at radius 2 is 1.45 bits per heavy atom. The van der Waals surface area contributed by atoms with Gasteiger partial charge in [0.05, 0.1) is 0 Å². The summed E-state index contributed by atoms with van der Waals surface area (Å²) in [6.07, 6.45) is -13.3. The Balaban J connectivity index is 2.30. The third kappa shape index (κ3) is 6.39. The van der Waals surface area contributed by atoms with Crippen molar-refractivity contribution < 1.29 is 45.4 Å². The number of carboxylic acid groups (broad SMARTS) is 1. The lowest BCUT2D eigenvalue weighted by Gasteiger charge is -2.33. The zero-order valence-corrected chi connectivity index (χ0v) is 21.4. The van der Waals surface area contributed by atoms with Crippen LogP contribution in [0.2, 0.25) is 0 Å². The Bertz CT molecular complexity index is 1150. The maximum Gasteiger partial charge on any atom is 0.435 e. The van der Waals surface area contributed by atoms with Crippen LogP contribution in [0.15, 0.2) is 36.4 Å². The molecule has 0 atom stereocenters. The van der Waals surface area contributed by atoms with Crippen LogP contribution in [0, 0.1) is 6.92 Å². The van der Waals surface area contributed by atoms with E-state index in [4.69, 9.17) is 0 Å². The molecule has 38 heavy (non-hydrogen) atoms. The van der Waals surface area contributed by atoms with Crippen molar-refractivity contribution in [2.45, 2.75) is 71.0 Å². The second-order valence-corrected chi connectivity index (χ2v) is 9.84. The second kappa shape index (κ2) is 10.8. The molecule has 0 bridgehead atoms. The Kier molecular flexibility index (Phi) is 8.80. The zero-order valence-electron chi connectivity index (χ0n) is 21.4. The third-order valence-corrected chi connectivity index (χ3v) is 6.10. The van der Waals surface area contributed by atoms with Gasteiger partial charge in [0.25, 0.3) is 5.91 Å². The number of amides is 2. The molecule has 0 fully saturated rings. The first-order valence-corrected chi connectivity index (χ1v) is 11.6. The molecule has 2 aromatic rings. The predicted molar refractivity (Wildman–Crippen MR) is 128 cm³/mol. The lowest BCUT2D eigenvalue weighted by atomic mass is 9.89. The van der Waals surface area contributed by atoms with Crippen LogP contribution in [0.1, 0.15) is 60.3 Å². The molecule has 0 aliphatic carbocycles. The van der Waals surface area contributed by atoms with Crippen molar-refractivity contribution in [1.82, 2.24) is 4.90 Å². The van der Waals surface area contributed by atoms with Crippen LogP contribution in [0.5, 0.6) is 0 Å². The standard InChI is InChI=1S/C26H29F7N2O3/c1-6-17-14-19(24(27,25(28,29)30)26(31,32)33)13-15(2)20(17)34-21(36)18-9-7-16(8-10-18)11-12-35(22(37)38)23(3,4)5/h7-10,13-14H,6,11-12H2,1-5H3,(H,34,36)(H,37,38). The molecule has 0 unspecified atom stereocenters. The van der Waals surface area contributed by atoms with Crippen LogP contribution in [-0.4, -0.2) is 46.4 Å². The minimum Gasteiger partial charge on any atom is -0.465 e. The van der Waals surface area contributed by atoms with Gasteiger partial charge >= 0.3 is 24.1 Å². The number of nitrogens with zero attached hydrogens (tertiary/aromatic N) is 1. The molecule has 2 amide bonds. The molecule has 0 spiro atoms. The van der Waals surface area contributed by atoms with Gasteiger partial charge in [-0.2, -0.15) is 26.3 Å². The maximum absolute atomic E-state index is 14.6. The van der Waals surface area contributed by atoms with E-state index in [9.17, 15) is 45.4 Å². The lowest BCUT2D eigenvalue weighted by molar-refractivity contribution is -0.348. The van der Waals surface area contributed by atoms with Gasteiger partial charge in [-0.3, -0.25) is 4.79 Å². The zero-order chi connectivity index (χ0) is 29.3. The van der Waals surface area contributed by atoms with Crippen molar-refractivity contribution in [3.63, 3.8) is 0 Å². The summed E-state index contributed by atoms with van der Waals surface area (Å²) in [5, 5.41) is 11.9. The molecule has 210 valence electrons. The molecular weight excluding hydrogens is 521 g/mol. The largest absolute Gasteiger partial charge is 0.465 e. The maximum atomic E-state index is 14.6. The van der Waals surface area contributed by atoms with E-state index in [-0.39, 0.29) is 35.3 Å². The topological polar surface area (TPSA) is 69.6 Å². The number of alkyl halides is 7. The van der Waals surface area contributed by atoms with Crippen LogP contribution in [0.3, 0.4) is 0 Å². The second-order valence-electron chi connectivity index (χ2n) is 9.84. The molecule has 0 saturated heterocycles. The minimum atomic E-state index is -6.25. The Morgan fingerprint density at radius 1 is 0.921 bits per heavy atom. The van der Waals surface area contributed by atoms with Gasteiger partial charge in [-0.1, -0.05) is 25.1 Å². The molecule has 2 aromatic carbocycles. The van der Waals surface area contributed by atoms with Crippen LogP contribution < -0.4 is 5.32 Å². The highest BCUT2D eigenvalue weighted by molar-refractivity contribution is 6.05. The van der Waals surface area contributed by atoms with E-state index in [2.05, 4.69) is 5.32 Å². The molecule has 0 aliphatic rings. The smallest absolute Gasteiger partial charge is 0.435 e. The highest BCUT2D eigenvalue weighted by Gasteiger charge is 2.73. The number of halogens is 7. The van der Waals surface area contributed by atoms with Gasteiger partial charge in [-0.15, -0.1) is 0 Å². The number of benzene rings is 2. The fourth-order valence-electron chi connectivity index (χ4n) is 3.97. The number of nitrogens with one attached hydrogen (secondary N) is 1. The molecule has 2 rings (SSSR count). The van der Waals surface area contributed by atoms with Crippen molar-refractivity contribution >= 4 is 17.7 Å². The van der Waals surface area contributed by atoms with Gasteiger partial charge in [-0.05, 0) is 75.4 Å². The molecule has 0 radical (unpaired) electrons. The van der Waals surface area contributed by atoms with Gasteiger partial charge in [0, 0.05) is 28.9 Å². The normalized spacial score (nSPS) is 12.8. The summed E-state index contributed by atoms with van der Waals surface area (Å²) < 4.78 is 93.9. The summed E-state index contributed by atoms with van der Waals surface area (Å²) in [7, 11) is 0. The number of rotatable bonds is 7.